The molecule has 0 saturated heterocycles. The van der Waals surface area contributed by atoms with Crippen LogP contribution in [0.15, 0.2) is 35.3 Å². The van der Waals surface area contributed by atoms with Crippen LogP contribution in [0.3, 0.4) is 0 Å². The molecule has 2 N–H and O–H groups in total. The molecule has 1 aromatic rings. The van der Waals surface area contributed by atoms with Crippen LogP contribution in [0.4, 0.5) is 0 Å². The van der Waals surface area contributed by atoms with Crippen LogP contribution >= 0.6 is 24.0 Å². The smallest absolute Gasteiger partial charge is 0.191 e. The lowest BCUT2D eigenvalue weighted by atomic mass is 9.76. The van der Waals surface area contributed by atoms with E-state index in [4.69, 9.17) is 10.7 Å². The van der Waals surface area contributed by atoms with Crippen LogP contribution in [0, 0.1) is 0 Å². The fraction of sp³-hybridized carbons (Fsp3) is 0.588. The molecule has 0 aliphatic heterocycles. The summed E-state index contributed by atoms with van der Waals surface area (Å²) in [6, 6.07) is 11.3. The molecule has 1 fully saturated rings. The lowest BCUT2D eigenvalue weighted by Gasteiger charge is -2.31. The minimum absolute atomic E-state index is 0. The maximum Gasteiger partial charge on any atom is 0.191 e. The molecule has 0 heterocycles. The molecule has 0 bridgehead atoms. The number of halogens is 1. The number of hydrogen-bond donors (Lipinski definition) is 1. The normalized spacial score (nSPS) is 15.5. The van der Waals surface area contributed by atoms with Gasteiger partial charge in [-0.05, 0) is 31.2 Å². The van der Waals surface area contributed by atoms with Crippen LogP contribution in [0.1, 0.15) is 45.1 Å². The monoisotopic (exact) mass is 401 g/mol. The molecule has 0 unspecified atom stereocenters. The van der Waals surface area contributed by atoms with Crippen molar-refractivity contribution in [1.82, 2.24) is 4.90 Å². The van der Waals surface area contributed by atoms with Crippen molar-refractivity contribution >= 4 is 29.9 Å². The average Bonchev–Trinajstić information content (AvgIpc) is 3.33. The fourth-order valence-corrected chi connectivity index (χ4v) is 2.76. The number of nitrogens with two attached hydrogens (primary N) is 1. The second-order valence-corrected chi connectivity index (χ2v) is 5.87. The Morgan fingerprint density at radius 1 is 1.24 bits per heavy atom. The topological polar surface area (TPSA) is 41.6 Å². The van der Waals surface area contributed by atoms with E-state index < -0.39 is 0 Å². The highest BCUT2D eigenvalue weighted by Gasteiger charge is 2.30. The highest BCUT2D eigenvalue weighted by Crippen LogP contribution is 2.32. The van der Waals surface area contributed by atoms with Gasteiger partial charge in [0, 0.05) is 18.5 Å². The summed E-state index contributed by atoms with van der Waals surface area (Å²) in [4.78, 5) is 6.82. The maximum atomic E-state index is 6.13. The van der Waals surface area contributed by atoms with Gasteiger partial charge in [-0.3, -0.25) is 4.99 Å². The molecule has 1 aliphatic carbocycles. The number of guanidine groups is 1. The Kier molecular flexibility index (Phi) is 6.97. The molecule has 118 valence electrons. The van der Waals surface area contributed by atoms with E-state index in [2.05, 4.69) is 56.1 Å². The van der Waals surface area contributed by atoms with Crippen molar-refractivity contribution < 1.29 is 0 Å². The van der Waals surface area contributed by atoms with Gasteiger partial charge >= 0.3 is 0 Å². The summed E-state index contributed by atoms with van der Waals surface area (Å²) in [5.74, 6) is 0.690. The zero-order valence-electron chi connectivity index (χ0n) is 13.4. The predicted molar refractivity (Wildman–Crippen MR) is 101 cm³/mol. The van der Waals surface area contributed by atoms with Gasteiger partial charge in [0.05, 0.1) is 6.54 Å². The molecule has 2 rings (SSSR count). The second kappa shape index (κ2) is 8.01. The molecule has 0 spiro atoms. The van der Waals surface area contributed by atoms with Crippen molar-refractivity contribution in [1.29, 1.82) is 0 Å². The molecule has 1 saturated carbocycles. The van der Waals surface area contributed by atoms with Gasteiger partial charge in [-0.15, -0.1) is 24.0 Å². The maximum absolute atomic E-state index is 6.13. The van der Waals surface area contributed by atoms with Gasteiger partial charge in [-0.25, -0.2) is 0 Å². The van der Waals surface area contributed by atoms with E-state index in [0.29, 0.717) is 12.0 Å². The summed E-state index contributed by atoms with van der Waals surface area (Å²) in [6.07, 6.45) is 4.66. The van der Waals surface area contributed by atoms with Crippen LogP contribution in [0.5, 0.6) is 0 Å². The summed E-state index contributed by atoms with van der Waals surface area (Å²) in [5.41, 5.74) is 7.61. The number of rotatable bonds is 6. The van der Waals surface area contributed by atoms with Crippen LogP contribution in [0.25, 0.3) is 0 Å². The van der Waals surface area contributed by atoms with E-state index in [1.807, 2.05) is 0 Å². The summed E-state index contributed by atoms with van der Waals surface area (Å²) in [5, 5.41) is 0. The number of aliphatic imine (C=N–C) groups is 1. The average molecular weight is 401 g/mol. The standard InChI is InChI=1S/C17H27N3.HI/c1-4-17(5-2,14-9-7-6-8-10-14)13-19-16(18)20(3)15-11-12-15;/h6-10,15H,4-5,11-13H2,1-3H3,(H2,18,19);1H. The van der Waals surface area contributed by atoms with Crippen LogP contribution in [0.2, 0.25) is 0 Å². The third kappa shape index (κ3) is 4.34. The first-order valence-corrected chi connectivity index (χ1v) is 7.71. The predicted octanol–water partition coefficient (Wildman–Crippen LogP) is 3.77. The summed E-state index contributed by atoms with van der Waals surface area (Å²) < 4.78 is 0. The zero-order valence-corrected chi connectivity index (χ0v) is 15.7. The Hall–Kier alpha value is -0.780. The molecular formula is C17H28IN3. The number of hydrogen-bond acceptors (Lipinski definition) is 1. The van der Waals surface area contributed by atoms with Gasteiger partial charge in [0.15, 0.2) is 5.96 Å². The Morgan fingerprint density at radius 3 is 2.29 bits per heavy atom. The Balaban J connectivity index is 0.00000220. The Labute approximate surface area is 146 Å². The Bertz CT molecular complexity index is 450. The lowest BCUT2D eigenvalue weighted by molar-refractivity contribution is 0.402. The van der Waals surface area contributed by atoms with Crippen molar-refractivity contribution in [2.24, 2.45) is 10.7 Å². The molecule has 1 aliphatic rings. The van der Waals surface area contributed by atoms with Crippen molar-refractivity contribution in [3.8, 4) is 0 Å². The van der Waals surface area contributed by atoms with Crippen molar-refractivity contribution in [2.45, 2.75) is 51.0 Å². The van der Waals surface area contributed by atoms with E-state index in [0.717, 1.165) is 19.4 Å². The Morgan fingerprint density at radius 2 is 1.81 bits per heavy atom. The van der Waals surface area contributed by atoms with Gasteiger partial charge < -0.3 is 10.6 Å². The van der Waals surface area contributed by atoms with Gasteiger partial charge in [0.25, 0.3) is 0 Å². The molecule has 0 aromatic heterocycles. The van der Waals surface area contributed by atoms with Crippen LogP contribution in [-0.4, -0.2) is 30.5 Å². The highest BCUT2D eigenvalue weighted by atomic mass is 127. The van der Waals surface area contributed by atoms with Crippen molar-refractivity contribution in [2.75, 3.05) is 13.6 Å². The SMILES string of the molecule is CCC(CC)(CN=C(N)N(C)C1CC1)c1ccccc1.I. The molecule has 0 atom stereocenters. The largest absolute Gasteiger partial charge is 0.370 e. The first kappa shape index (κ1) is 18.3. The third-order valence-electron chi connectivity index (χ3n) is 4.74. The zero-order chi connectivity index (χ0) is 14.6. The first-order chi connectivity index (χ1) is 9.63. The summed E-state index contributed by atoms with van der Waals surface area (Å²) in [6.45, 7) is 5.26. The number of benzene rings is 1. The molecule has 4 heteroatoms. The molecule has 3 nitrogen and oxygen atoms in total. The summed E-state index contributed by atoms with van der Waals surface area (Å²) >= 11 is 0. The molecule has 0 radical (unpaired) electrons. The molecule has 0 amide bonds. The minimum Gasteiger partial charge on any atom is -0.370 e. The van der Waals surface area contributed by atoms with Gasteiger partial charge in [0.1, 0.15) is 0 Å². The van der Waals surface area contributed by atoms with E-state index in [-0.39, 0.29) is 29.4 Å². The van der Waals surface area contributed by atoms with E-state index >= 15 is 0 Å². The van der Waals surface area contributed by atoms with Gasteiger partial charge in [0.2, 0.25) is 0 Å². The van der Waals surface area contributed by atoms with E-state index in [1.165, 1.54) is 18.4 Å². The third-order valence-corrected chi connectivity index (χ3v) is 4.74. The molecule has 1 aromatic carbocycles. The van der Waals surface area contributed by atoms with Crippen molar-refractivity contribution in [3.63, 3.8) is 0 Å². The first-order valence-electron chi connectivity index (χ1n) is 7.71. The quantitative estimate of drug-likeness (QED) is 0.448. The highest BCUT2D eigenvalue weighted by molar-refractivity contribution is 14.0. The molecular weight excluding hydrogens is 373 g/mol. The lowest BCUT2D eigenvalue weighted by Crippen LogP contribution is -2.37. The summed E-state index contributed by atoms with van der Waals surface area (Å²) in [7, 11) is 2.05. The van der Waals surface area contributed by atoms with Gasteiger partial charge in [-0.1, -0.05) is 44.2 Å². The minimum atomic E-state index is 0. The van der Waals surface area contributed by atoms with Gasteiger partial charge in [-0.2, -0.15) is 0 Å². The van der Waals surface area contributed by atoms with Crippen molar-refractivity contribution in [3.05, 3.63) is 35.9 Å². The van der Waals surface area contributed by atoms with Crippen LogP contribution < -0.4 is 5.73 Å². The number of nitrogens with zero attached hydrogens (tertiary/aromatic N) is 2. The van der Waals surface area contributed by atoms with Crippen LogP contribution in [-0.2, 0) is 5.41 Å². The fourth-order valence-electron chi connectivity index (χ4n) is 2.76. The second-order valence-electron chi connectivity index (χ2n) is 5.87. The molecule has 21 heavy (non-hydrogen) atoms. The van der Waals surface area contributed by atoms with E-state index in [1.54, 1.807) is 0 Å². The van der Waals surface area contributed by atoms with E-state index in [9.17, 15) is 0 Å².